The molecule has 1 rings (SSSR count). The van der Waals surface area contributed by atoms with E-state index in [1.165, 1.54) is 0 Å². The molecule has 0 amide bonds. The molecule has 0 saturated carbocycles. The van der Waals surface area contributed by atoms with Gasteiger partial charge in [-0.05, 0) is 13.8 Å². The van der Waals surface area contributed by atoms with Gasteiger partial charge in [0, 0.05) is 0 Å². The second-order valence-electron chi connectivity index (χ2n) is 2.64. The highest BCUT2D eigenvalue weighted by atomic mass is 16.8. The third kappa shape index (κ3) is 2.66. The van der Waals surface area contributed by atoms with E-state index >= 15 is 0 Å². The lowest BCUT2D eigenvalue weighted by atomic mass is 10.3. The summed E-state index contributed by atoms with van der Waals surface area (Å²) in [4.78, 5) is 21.7. The zero-order valence-electron chi connectivity index (χ0n) is 7.90. The topological polar surface area (TPSA) is 61.8 Å². The van der Waals surface area contributed by atoms with E-state index in [0.29, 0.717) is 0 Å². The van der Waals surface area contributed by atoms with Gasteiger partial charge in [-0.25, -0.2) is 9.59 Å². The summed E-state index contributed by atoms with van der Waals surface area (Å²) in [5.74, 6) is 4.61. The van der Waals surface area contributed by atoms with Crippen LogP contribution in [-0.4, -0.2) is 30.9 Å². The van der Waals surface area contributed by atoms with E-state index in [-0.39, 0.29) is 6.61 Å². The molecule has 76 valence electrons. The Morgan fingerprint density at radius 1 is 1.71 bits per heavy atom. The van der Waals surface area contributed by atoms with E-state index in [1.54, 1.807) is 13.8 Å². The van der Waals surface area contributed by atoms with Crippen LogP contribution >= 0.6 is 0 Å². The summed E-state index contributed by atoms with van der Waals surface area (Å²) in [6, 6.07) is 0. The van der Waals surface area contributed by atoms with E-state index in [1.807, 2.05) is 0 Å². The standard InChI is InChI=1S/C9H10O5/c1-3-4-6(2)13-8(10)7-5-12-9(11)14-7/h6-7H,5H2,1-2H3. The van der Waals surface area contributed by atoms with Gasteiger partial charge >= 0.3 is 12.1 Å². The lowest BCUT2D eigenvalue weighted by molar-refractivity contribution is -0.153. The fourth-order valence-electron chi connectivity index (χ4n) is 0.927. The third-order valence-electron chi connectivity index (χ3n) is 1.49. The summed E-state index contributed by atoms with van der Waals surface area (Å²) in [6.45, 7) is 3.18. The fourth-order valence-corrected chi connectivity index (χ4v) is 0.927. The molecule has 1 aliphatic heterocycles. The molecule has 0 spiro atoms. The molecule has 0 aliphatic carbocycles. The second kappa shape index (κ2) is 4.51. The Hall–Kier alpha value is -1.70. The van der Waals surface area contributed by atoms with Crippen molar-refractivity contribution in [3.63, 3.8) is 0 Å². The highest BCUT2D eigenvalue weighted by molar-refractivity contribution is 5.79. The molecule has 0 aromatic heterocycles. The zero-order chi connectivity index (χ0) is 10.6. The van der Waals surface area contributed by atoms with Crippen molar-refractivity contribution >= 4 is 12.1 Å². The first-order valence-electron chi connectivity index (χ1n) is 4.09. The molecule has 1 heterocycles. The lowest BCUT2D eigenvalue weighted by Gasteiger charge is -2.09. The van der Waals surface area contributed by atoms with Crippen LogP contribution in [0.25, 0.3) is 0 Å². The number of rotatable bonds is 2. The molecule has 14 heavy (non-hydrogen) atoms. The van der Waals surface area contributed by atoms with Crippen LogP contribution < -0.4 is 0 Å². The van der Waals surface area contributed by atoms with Gasteiger partial charge in [0.05, 0.1) is 0 Å². The smallest absolute Gasteiger partial charge is 0.447 e. The predicted octanol–water partition coefficient (Wildman–Crippen LogP) is 0.477. The Bertz CT molecular complexity index is 298. The molecule has 0 bridgehead atoms. The van der Waals surface area contributed by atoms with Gasteiger partial charge in [-0.15, -0.1) is 5.92 Å². The predicted molar refractivity (Wildman–Crippen MR) is 45.2 cm³/mol. The Labute approximate surface area is 81.3 Å². The van der Waals surface area contributed by atoms with Crippen molar-refractivity contribution in [1.29, 1.82) is 0 Å². The summed E-state index contributed by atoms with van der Waals surface area (Å²) in [5, 5.41) is 0. The van der Waals surface area contributed by atoms with Gasteiger partial charge in [0.1, 0.15) is 6.61 Å². The van der Waals surface area contributed by atoms with E-state index in [9.17, 15) is 9.59 Å². The maximum Gasteiger partial charge on any atom is 0.509 e. The number of hydrogen-bond donors (Lipinski definition) is 0. The zero-order valence-corrected chi connectivity index (χ0v) is 7.90. The van der Waals surface area contributed by atoms with E-state index in [4.69, 9.17) is 4.74 Å². The Morgan fingerprint density at radius 3 is 2.93 bits per heavy atom. The summed E-state index contributed by atoms with van der Waals surface area (Å²) in [6.07, 6.45) is -2.31. The summed E-state index contributed by atoms with van der Waals surface area (Å²) in [7, 11) is 0. The highest BCUT2D eigenvalue weighted by Crippen LogP contribution is 2.08. The van der Waals surface area contributed by atoms with Crippen molar-refractivity contribution < 1.29 is 23.8 Å². The van der Waals surface area contributed by atoms with E-state index in [2.05, 4.69) is 21.3 Å². The molecule has 1 saturated heterocycles. The highest BCUT2D eigenvalue weighted by Gasteiger charge is 2.33. The molecular formula is C9H10O5. The number of ether oxygens (including phenoxy) is 3. The van der Waals surface area contributed by atoms with Gasteiger partial charge in [-0.3, -0.25) is 0 Å². The average Bonchev–Trinajstić information content (AvgIpc) is 2.52. The van der Waals surface area contributed by atoms with E-state index in [0.717, 1.165) is 0 Å². The van der Waals surface area contributed by atoms with Crippen molar-refractivity contribution in [3.05, 3.63) is 0 Å². The van der Waals surface area contributed by atoms with Gasteiger partial charge in [-0.2, -0.15) is 0 Å². The molecule has 0 N–H and O–H groups in total. The monoisotopic (exact) mass is 198 g/mol. The molecule has 0 radical (unpaired) electrons. The molecule has 1 fully saturated rings. The Balaban J connectivity index is 2.41. The lowest BCUT2D eigenvalue weighted by Crippen LogP contribution is -2.28. The van der Waals surface area contributed by atoms with Gasteiger partial charge in [0.15, 0.2) is 6.10 Å². The van der Waals surface area contributed by atoms with Crippen LogP contribution in [0.15, 0.2) is 0 Å². The molecule has 0 aromatic rings. The van der Waals surface area contributed by atoms with Crippen LogP contribution in [0.4, 0.5) is 4.79 Å². The van der Waals surface area contributed by atoms with Crippen LogP contribution in [0, 0.1) is 11.8 Å². The van der Waals surface area contributed by atoms with Gasteiger partial charge in [-0.1, -0.05) is 5.92 Å². The minimum absolute atomic E-state index is 0.0933. The normalized spacial score (nSPS) is 21.3. The number of carbonyl (C=O) groups excluding carboxylic acids is 2. The maximum absolute atomic E-state index is 11.2. The van der Waals surface area contributed by atoms with Crippen molar-refractivity contribution in [2.75, 3.05) is 6.61 Å². The van der Waals surface area contributed by atoms with Gasteiger partial charge < -0.3 is 14.2 Å². The van der Waals surface area contributed by atoms with Crippen LogP contribution in [0.3, 0.4) is 0 Å². The molecule has 5 heteroatoms. The fraction of sp³-hybridized carbons (Fsp3) is 0.556. The van der Waals surface area contributed by atoms with E-state index < -0.39 is 24.3 Å². The molecule has 1 aliphatic rings. The first-order valence-corrected chi connectivity index (χ1v) is 4.09. The largest absolute Gasteiger partial charge is 0.509 e. The van der Waals surface area contributed by atoms with Crippen LogP contribution in [0.1, 0.15) is 13.8 Å². The first-order chi connectivity index (χ1) is 6.63. The minimum Gasteiger partial charge on any atom is -0.447 e. The van der Waals surface area contributed by atoms with Crippen molar-refractivity contribution in [1.82, 2.24) is 0 Å². The quantitative estimate of drug-likeness (QED) is 0.477. The summed E-state index contributed by atoms with van der Waals surface area (Å²) >= 11 is 0. The third-order valence-corrected chi connectivity index (χ3v) is 1.49. The maximum atomic E-state index is 11.2. The molecular weight excluding hydrogens is 188 g/mol. The second-order valence-corrected chi connectivity index (χ2v) is 2.64. The number of esters is 1. The SMILES string of the molecule is CC#CC(C)OC(=O)C1COC(=O)O1. The Kier molecular flexibility index (Phi) is 3.35. The number of hydrogen-bond acceptors (Lipinski definition) is 5. The Morgan fingerprint density at radius 2 is 2.43 bits per heavy atom. The molecule has 0 aromatic carbocycles. The number of cyclic esters (lactones) is 2. The molecule has 2 unspecified atom stereocenters. The minimum atomic E-state index is -0.955. The molecule has 2 atom stereocenters. The molecule has 5 nitrogen and oxygen atoms in total. The van der Waals surface area contributed by atoms with Crippen LogP contribution in [0.2, 0.25) is 0 Å². The van der Waals surface area contributed by atoms with Gasteiger partial charge in [0.25, 0.3) is 0 Å². The van der Waals surface area contributed by atoms with Crippen LogP contribution in [0.5, 0.6) is 0 Å². The van der Waals surface area contributed by atoms with Crippen molar-refractivity contribution in [2.24, 2.45) is 0 Å². The van der Waals surface area contributed by atoms with Crippen molar-refractivity contribution in [3.8, 4) is 11.8 Å². The van der Waals surface area contributed by atoms with Crippen LogP contribution in [-0.2, 0) is 19.0 Å². The first kappa shape index (κ1) is 10.4. The van der Waals surface area contributed by atoms with Gasteiger partial charge in [0.2, 0.25) is 6.10 Å². The van der Waals surface area contributed by atoms with Crippen molar-refractivity contribution in [2.45, 2.75) is 26.1 Å². The summed E-state index contributed by atoms with van der Waals surface area (Å²) in [5.41, 5.74) is 0. The average molecular weight is 198 g/mol. The number of carbonyl (C=O) groups is 2. The summed E-state index contributed by atoms with van der Waals surface area (Å²) < 4.78 is 13.8.